The van der Waals surface area contributed by atoms with E-state index in [9.17, 15) is 9.90 Å². The fraction of sp³-hybridized carbons (Fsp3) is 0.133. The lowest BCUT2D eigenvalue weighted by Gasteiger charge is -2.12. The van der Waals surface area contributed by atoms with Crippen LogP contribution in [0.25, 0.3) is 0 Å². The van der Waals surface area contributed by atoms with E-state index in [2.05, 4.69) is 28.6 Å². The number of aromatic carboxylic acids is 1. The summed E-state index contributed by atoms with van der Waals surface area (Å²) in [5.74, 6) is -0.248. The topological polar surface area (TPSA) is 46.5 Å². The number of benzene rings is 2. The summed E-state index contributed by atoms with van der Waals surface area (Å²) < 4.78 is 6.45. The first kappa shape index (κ1) is 14.9. The molecule has 104 valence electrons. The molecule has 0 unspecified atom stereocenters. The van der Waals surface area contributed by atoms with Gasteiger partial charge in [-0.05, 0) is 42.8 Å². The van der Waals surface area contributed by atoms with E-state index in [0.29, 0.717) is 5.56 Å². The van der Waals surface area contributed by atoms with Crippen molar-refractivity contribution in [2.75, 3.05) is 0 Å². The molecule has 0 fully saturated rings. The van der Waals surface area contributed by atoms with Crippen LogP contribution in [0, 0.1) is 6.92 Å². The molecule has 0 heterocycles. The lowest BCUT2D eigenvalue weighted by molar-refractivity contribution is 0.0694. The minimum Gasteiger partial charge on any atom is -0.489 e. The third-order valence-electron chi connectivity index (χ3n) is 2.88. The molecule has 0 saturated heterocycles. The van der Waals surface area contributed by atoms with E-state index in [0.717, 1.165) is 20.7 Å². The van der Waals surface area contributed by atoms with Gasteiger partial charge in [0.2, 0.25) is 0 Å². The number of carboxylic acids is 1. The van der Waals surface area contributed by atoms with Gasteiger partial charge in [0, 0.05) is 14.9 Å². The van der Waals surface area contributed by atoms with Gasteiger partial charge in [0.15, 0.2) is 0 Å². The van der Waals surface area contributed by atoms with Gasteiger partial charge in [-0.3, -0.25) is 0 Å². The molecule has 2 aromatic carbocycles. The Balaban J connectivity index is 2.25. The zero-order chi connectivity index (χ0) is 14.7. The van der Waals surface area contributed by atoms with Gasteiger partial charge in [-0.25, -0.2) is 4.79 Å². The molecular formula is C15H13BrO3S. The molecule has 0 aromatic heterocycles. The number of rotatable bonds is 4. The molecule has 1 N–H and O–H groups in total. The third-order valence-corrected chi connectivity index (χ3v) is 3.90. The van der Waals surface area contributed by atoms with Crippen molar-refractivity contribution in [3.8, 4) is 5.75 Å². The Morgan fingerprint density at radius 3 is 2.75 bits per heavy atom. The van der Waals surface area contributed by atoms with Crippen molar-refractivity contribution >= 4 is 34.5 Å². The van der Waals surface area contributed by atoms with Crippen LogP contribution in [-0.4, -0.2) is 11.1 Å². The summed E-state index contributed by atoms with van der Waals surface area (Å²) in [5.41, 5.74) is 1.82. The second-order valence-corrected chi connectivity index (χ2v) is 5.68. The second kappa shape index (κ2) is 6.33. The molecule has 0 aliphatic rings. The van der Waals surface area contributed by atoms with Gasteiger partial charge in [-0.15, -0.1) is 12.6 Å². The summed E-state index contributed by atoms with van der Waals surface area (Å²) >= 11 is 7.62. The van der Waals surface area contributed by atoms with Crippen molar-refractivity contribution in [3.05, 3.63) is 57.6 Å². The molecule has 20 heavy (non-hydrogen) atoms. The van der Waals surface area contributed by atoms with E-state index in [1.54, 1.807) is 18.2 Å². The monoisotopic (exact) mass is 352 g/mol. The maximum Gasteiger partial charge on any atom is 0.336 e. The largest absolute Gasteiger partial charge is 0.489 e. The number of halogens is 1. The molecule has 0 bridgehead atoms. The molecule has 0 amide bonds. The van der Waals surface area contributed by atoms with E-state index < -0.39 is 5.97 Å². The molecule has 0 atom stereocenters. The first-order valence-electron chi connectivity index (χ1n) is 5.92. The summed E-state index contributed by atoms with van der Waals surface area (Å²) in [5, 5.41) is 9.19. The highest BCUT2D eigenvalue weighted by atomic mass is 79.9. The highest BCUT2D eigenvalue weighted by Crippen LogP contribution is 2.25. The summed E-state index contributed by atoms with van der Waals surface area (Å²) in [6, 6.07) is 10.6. The van der Waals surface area contributed by atoms with Gasteiger partial charge in [-0.2, -0.15) is 0 Å². The van der Waals surface area contributed by atoms with Crippen LogP contribution in [0.4, 0.5) is 0 Å². The summed E-state index contributed by atoms with van der Waals surface area (Å²) in [6.45, 7) is 2.11. The molecule has 0 spiro atoms. The van der Waals surface area contributed by atoms with E-state index in [1.807, 2.05) is 25.1 Å². The average molecular weight is 353 g/mol. The van der Waals surface area contributed by atoms with Crippen LogP contribution >= 0.6 is 28.6 Å². The Labute approximate surface area is 131 Å². The standard InChI is InChI=1S/C15H13BrO3S/c1-9-7-10(20)5-6-14(9)19-8-12-11(15(17)18)3-2-4-13(12)16/h2-7,20H,8H2,1H3,(H,17,18). The number of hydrogen-bond donors (Lipinski definition) is 2. The van der Waals surface area contributed by atoms with Crippen molar-refractivity contribution in [2.24, 2.45) is 0 Å². The van der Waals surface area contributed by atoms with Crippen molar-refractivity contribution in [3.63, 3.8) is 0 Å². The van der Waals surface area contributed by atoms with Crippen molar-refractivity contribution in [1.82, 2.24) is 0 Å². The lowest BCUT2D eigenvalue weighted by Crippen LogP contribution is -2.07. The first-order chi connectivity index (χ1) is 9.49. The Morgan fingerprint density at radius 1 is 1.35 bits per heavy atom. The van der Waals surface area contributed by atoms with Crippen molar-refractivity contribution in [1.29, 1.82) is 0 Å². The first-order valence-corrected chi connectivity index (χ1v) is 7.16. The number of carboxylic acid groups (broad SMARTS) is 1. The summed E-state index contributed by atoms with van der Waals surface area (Å²) in [7, 11) is 0. The number of thiol groups is 1. The predicted octanol–water partition coefficient (Wildman–Crippen LogP) is 4.32. The Kier molecular flexibility index (Phi) is 4.73. The van der Waals surface area contributed by atoms with Crippen LogP contribution in [0.3, 0.4) is 0 Å². The molecule has 0 radical (unpaired) electrons. The van der Waals surface area contributed by atoms with Crippen LogP contribution in [0.1, 0.15) is 21.5 Å². The smallest absolute Gasteiger partial charge is 0.336 e. The SMILES string of the molecule is Cc1cc(S)ccc1OCc1c(Br)cccc1C(=O)O. The maximum absolute atomic E-state index is 11.2. The molecular weight excluding hydrogens is 340 g/mol. The second-order valence-electron chi connectivity index (χ2n) is 4.31. The molecule has 2 aromatic rings. The molecule has 0 aliphatic carbocycles. The van der Waals surface area contributed by atoms with E-state index in [4.69, 9.17) is 4.74 Å². The van der Waals surface area contributed by atoms with E-state index >= 15 is 0 Å². The Hall–Kier alpha value is -1.46. The van der Waals surface area contributed by atoms with E-state index in [-0.39, 0.29) is 12.2 Å². The predicted molar refractivity (Wildman–Crippen MR) is 83.9 cm³/mol. The van der Waals surface area contributed by atoms with Gasteiger partial charge < -0.3 is 9.84 Å². The average Bonchev–Trinajstić information content (AvgIpc) is 2.38. The minimum atomic E-state index is -0.965. The number of aryl methyl sites for hydroxylation is 1. The Bertz CT molecular complexity index is 656. The lowest BCUT2D eigenvalue weighted by atomic mass is 10.1. The fourth-order valence-corrected chi connectivity index (χ4v) is 2.60. The zero-order valence-corrected chi connectivity index (χ0v) is 13.2. The fourth-order valence-electron chi connectivity index (χ4n) is 1.85. The number of ether oxygens (including phenoxy) is 1. The molecule has 0 aliphatic heterocycles. The minimum absolute atomic E-state index is 0.190. The van der Waals surface area contributed by atoms with Crippen LogP contribution < -0.4 is 4.74 Å². The number of carbonyl (C=O) groups is 1. The highest BCUT2D eigenvalue weighted by Gasteiger charge is 2.13. The van der Waals surface area contributed by atoms with Crippen LogP contribution in [-0.2, 0) is 6.61 Å². The quantitative estimate of drug-likeness (QED) is 0.805. The third kappa shape index (κ3) is 3.35. The molecule has 3 nitrogen and oxygen atoms in total. The van der Waals surface area contributed by atoms with Crippen LogP contribution in [0.2, 0.25) is 0 Å². The summed E-state index contributed by atoms with van der Waals surface area (Å²) in [4.78, 5) is 12.1. The van der Waals surface area contributed by atoms with Gasteiger partial charge in [0.05, 0.1) is 5.56 Å². The van der Waals surface area contributed by atoms with Gasteiger partial charge >= 0.3 is 5.97 Å². The van der Waals surface area contributed by atoms with E-state index in [1.165, 1.54) is 0 Å². The van der Waals surface area contributed by atoms with Crippen LogP contribution in [0.5, 0.6) is 5.75 Å². The number of hydrogen-bond acceptors (Lipinski definition) is 3. The Morgan fingerprint density at radius 2 is 2.10 bits per heavy atom. The zero-order valence-electron chi connectivity index (χ0n) is 10.8. The van der Waals surface area contributed by atoms with Crippen LogP contribution in [0.15, 0.2) is 45.8 Å². The molecule has 0 saturated carbocycles. The highest BCUT2D eigenvalue weighted by molar-refractivity contribution is 9.10. The summed E-state index contributed by atoms with van der Waals surface area (Å²) in [6.07, 6.45) is 0. The maximum atomic E-state index is 11.2. The van der Waals surface area contributed by atoms with Gasteiger partial charge in [0.1, 0.15) is 12.4 Å². The normalized spacial score (nSPS) is 10.3. The molecule has 2 rings (SSSR count). The van der Waals surface area contributed by atoms with Crippen molar-refractivity contribution in [2.45, 2.75) is 18.4 Å². The van der Waals surface area contributed by atoms with Gasteiger partial charge in [-0.1, -0.05) is 22.0 Å². The molecule has 5 heteroatoms. The van der Waals surface area contributed by atoms with Gasteiger partial charge in [0.25, 0.3) is 0 Å². The van der Waals surface area contributed by atoms with Crippen molar-refractivity contribution < 1.29 is 14.6 Å².